The van der Waals surface area contributed by atoms with Crippen LogP contribution >= 0.6 is 0 Å². The predicted octanol–water partition coefficient (Wildman–Crippen LogP) is 16.9. The number of nitrogens with zero attached hydrogens (tertiary/aromatic N) is 5. The Morgan fingerprint density at radius 3 is 1.19 bits per heavy atom. The number of hydrogen-bond acceptors (Lipinski definition) is 3. The van der Waals surface area contributed by atoms with Crippen molar-refractivity contribution in [3.8, 4) is 73.3 Å². The fourth-order valence-corrected chi connectivity index (χ4v) is 10.1. The minimum atomic E-state index is -5.19. The Bertz CT molecular complexity index is 3890. The van der Waals surface area contributed by atoms with Crippen LogP contribution in [0, 0.1) is 11.3 Å². The number of alkyl halides is 6. The average Bonchev–Trinajstić information content (AvgIpc) is 3.92. The highest BCUT2D eigenvalue weighted by atomic mass is 19.4. The van der Waals surface area contributed by atoms with Gasteiger partial charge in [0.05, 0.1) is 56.0 Å². The first-order chi connectivity index (χ1) is 34.9. The summed E-state index contributed by atoms with van der Waals surface area (Å²) < 4.78 is 95.2. The lowest BCUT2D eigenvalue weighted by Crippen LogP contribution is -2.15. The summed E-state index contributed by atoms with van der Waals surface area (Å²) in [5.41, 5.74) is 4.58. The minimum Gasteiger partial charge on any atom is -0.308 e. The summed E-state index contributed by atoms with van der Waals surface area (Å²) in [5, 5.41) is 14.6. The summed E-state index contributed by atoms with van der Waals surface area (Å²) in [4.78, 5) is 9.23. The van der Waals surface area contributed by atoms with Crippen LogP contribution in [0.4, 0.5) is 26.3 Å². The van der Waals surface area contributed by atoms with Gasteiger partial charge in [0.15, 0.2) is 0 Å². The molecule has 0 saturated carbocycles. The van der Waals surface area contributed by atoms with Crippen LogP contribution in [0.15, 0.2) is 213 Å². The fourth-order valence-electron chi connectivity index (χ4n) is 10.1. The first-order valence-corrected chi connectivity index (χ1v) is 22.9. The lowest BCUT2D eigenvalue weighted by atomic mass is 9.91. The maximum Gasteiger partial charge on any atom is 0.417 e. The zero-order chi connectivity index (χ0) is 49.3. The van der Waals surface area contributed by atoms with Gasteiger partial charge < -0.3 is 9.13 Å². The standard InChI is InChI=1S/C61H35F6N5/c62-60(63,64)49-18-11-19-50(61(65,66)67)59(49)43-34-57(71-53-20-9-7-16-44(53)46-24-22-39(32-55(46)71)41-26-28-69-51(30-41)37-12-3-1-4-13-37)48(36-68)58(35-43)72-54-21-10-8-17-45(54)47-25-23-40(33-56(47)72)42-27-29-70-52(31-42)38-14-5-2-6-15-38/h1-35H. The van der Waals surface area contributed by atoms with E-state index in [-0.39, 0.29) is 22.5 Å². The molecule has 0 fully saturated rings. The number of rotatable bonds is 7. The van der Waals surface area contributed by atoms with E-state index in [9.17, 15) is 5.26 Å². The monoisotopic (exact) mass is 951 g/mol. The lowest BCUT2D eigenvalue weighted by Gasteiger charge is -2.22. The number of hydrogen-bond donors (Lipinski definition) is 0. The van der Waals surface area contributed by atoms with Crippen molar-refractivity contribution in [3.63, 3.8) is 0 Å². The van der Waals surface area contributed by atoms with E-state index in [1.54, 1.807) is 21.5 Å². The van der Waals surface area contributed by atoms with Gasteiger partial charge in [-0.25, -0.2) is 0 Å². The van der Waals surface area contributed by atoms with Gasteiger partial charge in [-0.2, -0.15) is 31.6 Å². The predicted molar refractivity (Wildman–Crippen MR) is 273 cm³/mol. The fraction of sp³-hybridized carbons (Fsp3) is 0.0328. The summed E-state index contributed by atoms with van der Waals surface area (Å²) in [5.74, 6) is 0. The summed E-state index contributed by atoms with van der Waals surface area (Å²) >= 11 is 0. The molecule has 0 radical (unpaired) electrons. The second-order valence-electron chi connectivity index (χ2n) is 17.5. The molecule has 8 aromatic carbocycles. The average molecular weight is 952 g/mol. The van der Waals surface area contributed by atoms with Crippen molar-refractivity contribution in [2.75, 3.05) is 0 Å². The Balaban J connectivity index is 1.19. The van der Waals surface area contributed by atoms with E-state index >= 15 is 26.3 Å². The highest BCUT2D eigenvalue weighted by Crippen LogP contribution is 2.48. The molecule has 11 heteroatoms. The van der Waals surface area contributed by atoms with Crippen molar-refractivity contribution < 1.29 is 26.3 Å². The molecule has 12 rings (SSSR count). The molecule has 72 heavy (non-hydrogen) atoms. The Morgan fingerprint density at radius 1 is 0.361 bits per heavy atom. The van der Waals surface area contributed by atoms with E-state index in [2.05, 4.69) is 16.0 Å². The van der Waals surface area contributed by atoms with Crippen molar-refractivity contribution in [2.45, 2.75) is 12.4 Å². The molecular weight excluding hydrogens is 917 g/mol. The van der Waals surface area contributed by atoms with Crippen LogP contribution in [-0.2, 0) is 12.4 Å². The van der Waals surface area contributed by atoms with Crippen LogP contribution in [0.3, 0.4) is 0 Å². The largest absolute Gasteiger partial charge is 0.417 e. The minimum absolute atomic E-state index is 0.0171. The number of fused-ring (bicyclic) bond motifs is 6. The van der Waals surface area contributed by atoms with Gasteiger partial charge in [0.2, 0.25) is 0 Å². The normalized spacial score (nSPS) is 12.0. The summed E-state index contributed by atoms with van der Waals surface area (Å²) in [7, 11) is 0. The number of halogens is 6. The van der Waals surface area contributed by atoms with E-state index in [0.29, 0.717) is 34.2 Å². The number of para-hydroxylation sites is 2. The van der Waals surface area contributed by atoms with Crippen molar-refractivity contribution >= 4 is 43.6 Å². The molecule has 0 spiro atoms. The van der Waals surface area contributed by atoms with Crippen LogP contribution in [0.2, 0.25) is 0 Å². The molecule has 346 valence electrons. The number of aromatic nitrogens is 4. The smallest absolute Gasteiger partial charge is 0.308 e. The van der Waals surface area contributed by atoms with Crippen molar-refractivity contribution in [3.05, 3.63) is 229 Å². The molecule has 4 aromatic heterocycles. The van der Waals surface area contributed by atoms with E-state index < -0.39 is 29.0 Å². The van der Waals surface area contributed by atoms with Gasteiger partial charge in [-0.05, 0) is 101 Å². The van der Waals surface area contributed by atoms with Crippen LogP contribution in [-0.4, -0.2) is 19.1 Å². The second kappa shape index (κ2) is 17.0. The van der Waals surface area contributed by atoms with E-state index in [0.717, 1.165) is 72.4 Å². The third-order valence-corrected chi connectivity index (χ3v) is 13.3. The van der Waals surface area contributed by atoms with Gasteiger partial charge in [0.1, 0.15) is 11.6 Å². The van der Waals surface area contributed by atoms with Gasteiger partial charge in [0.25, 0.3) is 0 Å². The molecule has 0 aliphatic carbocycles. The molecule has 0 atom stereocenters. The third kappa shape index (κ3) is 7.43. The SMILES string of the molecule is N#Cc1c(-n2c3ccccc3c3ccc(-c4ccnc(-c5ccccc5)c4)cc32)cc(-c2c(C(F)(F)F)cccc2C(F)(F)F)cc1-n1c2ccccc2c2ccc(-c3ccnc(-c4ccccc4)c3)cc21. The maximum atomic E-state index is 15.3. The van der Waals surface area contributed by atoms with Gasteiger partial charge >= 0.3 is 12.4 Å². The maximum absolute atomic E-state index is 15.3. The first-order valence-electron chi connectivity index (χ1n) is 22.9. The molecule has 0 amide bonds. The topological polar surface area (TPSA) is 59.4 Å². The van der Waals surface area contributed by atoms with Crippen LogP contribution in [0.25, 0.3) is 111 Å². The van der Waals surface area contributed by atoms with Gasteiger partial charge in [-0.3, -0.25) is 9.97 Å². The van der Waals surface area contributed by atoms with Crippen molar-refractivity contribution in [1.82, 2.24) is 19.1 Å². The van der Waals surface area contributed by atoms with Crippen LogP contribution < -0.4 is 0 Å². The van der Waals surface area contributed by atoms with E-state index in [4.69, 9.17) is 0 Å². The molecule has 0 bridgehead atoms. The van der Waals surface area contributed by atoms with Gasteiger partial charge in [-0.15, -0.1) is 0 Å². The molecule has 12 aromatic rings. The van der Waals surface area contributed by atoms with Gasteiger partial charge in [0, 0.05) is 50.6 Å². The number of nitriles is 1. The summed E-state index contributed by atoms with van der Waals surface area (Å²) in [6, 6.07) is 60.6. The van der Waals surface area contributed by atoms with Crippen LogP contribution in [0.1, 0.15) is 16.7 Å². The molecule has 0 aliphatic rings. The summed E-state index contributed by atoms with van der Waals surface area (Å²) in [6.07, 6.45) is -6.96. The van der Waals surface area contributed by atoms with E-state index in [1.165, 1.54) is 12.1 Å². The van der Waals surface area contributed by atoms with Crippen molar-refractivity contribution in [2.24, 2.45) is 0 Å². The Morgan fingerprint density at radius 2 is 0.764 bits per heavy atom. The van der Waals surface area contributed by atoms with Crippen molar-refractivity contribution in [1.29, 1.82) is 5.26 Å². The van der Waals surface area contributed by atoms with Gasteiger partial charge in [-0.1, -0.05) is 127 Å². The Labute approximate surface area is 407 Å². The molecule has 0 N–H and O–H groups in total. The molecule has 4 heterocycles. The first kappa shape index (κ1) is 44.0. The highest BCUT2D eigenvalue weighted by molar-refractivity contribution is 6.12. The number of pyridine rings is 2. The number of benzene rings is 8. The Hall–Kier alpha value is -9.27. The second-order valence-corrected chi connectivity index (χ2v) is 17.5. The molecule has 0 aliphatic heterocycles. The molecular formula is C61H35F6N5. The molecule has 0 unspecified atom stereocenters. The molecule has 0 saturated heterocycles. The summed E-state index contributed by atoms with van der Waals surface area (Å²) in [6.45, 7) is 0. The highest BCUT2D eigenvalue weighted by Gasteiger charge is 2.41. The quantitative estimate of drug-likeness (QED) is 0.150. The molecule has 5 nitrogen and oxygen atoms in total. The zero-order valence-electron chi connectivity index (χ0n) is 37.7. The van der Waals surface area contributed by atoms with Crippen LogP contribution in [0.5, 0.6) is 0 Å². The lowest BCUT2D eigenvalue weighted by molar-refractivity contribution is -0.142. The zero-order valence-corrected chi connectivity index (χ0v) is 37.7. The van der Waals surface area contributed by atoms with E-state index in [1.807, 2.05) is 170 Å². The third-order valence-electron chi connectivity index (χ3n) is 13.3. The Kier molecular flexibility index (Phi) is 10.4.